The maximum atomic E-state index is 12.2. The third-order valence-electron chi connectivity index (χ3n) is 5.98. The van der Waals surface area contributed by atoms with E-state index in [2.05, 4.69) is 13.8 Å². The molecule has 2 N–H and O–H groups in total. The first-order chi connectivity index (χ1) is 16.5. The average Bonchev–Trinajstić information content (AvgIpc) is 2.80. The van der Waals surface area contributed by atoms with Crippen LogP contribution in [0, 0.1) is 5.41 Å². The monoisotopic (exact) mass is 490 g/mol. The van der Waals surface area contributed by atoms with Crippen molar-refractivity contribution in [1.29, 1.82) is 0 Å². The van der Waals surface area contributed by atoms with Crippen LogP contribution in [0.15, 0.2) is 0 Å². The van der Waals surface area contributed by atoms with E-state index in [1.807, 2.05) is 0 Å². The summed E-state index contributed by atoms with van der Waals surface area (Å²) in [6, 6.07) is 0. The maximum Gasteiger partial charge on any atom is 0.309 e. The van der Waals surface area contributed by atoms with E-state index < -0.39 is 17.4 Å². The molecule has 0 radical (unpaired) electrons. The van der Waals surface area contributed by atoms with E-state index in [4.69, 9.17) is 24.1 Å². The van der Waals surface area contributed by atoms with E-state index in [9.17, 15) is 14.7 Å². The molecule has 0 atom stereocenters. The van der Waals surface area contributed by atoms with Gasteiger partial charge in [0.05, 0.1) is 31.8 Å². The van der Waals surface area contributed by atoms with Crippen molar-refractivity contribution in [2.45, 2.75) is 97.3 Å². The summed E-state index contributed by atoms with van der Waals surface area (Å²) < 4.78 is 22.4. The predicted molar refractivity (Wildman–Crippen MR) is 132 cm³/mol. The van der Waals surface area contributed by atoms with Crippen molar-refractivity contribution >= 4 is 11.9 Å². The molecule has 34 heavy (non-hydrogen) atoms. The zero-order valence-electron chi connectivity index (χ0n) is 21.7. The van der Waals surface area contributed by atoms with E-state index in [1.54, 1.807) is 0 Å². The summed E-state index contributed by atoms with van der Waals surface area (Å²) in [5.74, 6) is -1.84. The normalized spacial score (nSPS) is 11.7. The van der Waals surface area contributed by atoms with E-state index in [0.717, 1.165) is 26.1 Å². The van der Waals surface area contributed by atoms with Crippen LogP contribution in [0.5, 0.6) is 0 Å². The molecule has 0 rings (SSSR count). The minimum Gasteiger partial charge on any atom is -0.481 e. The maximum absolute atomic E-state index is 12.2. The zero-order chi connectivity index (χ0) is 25.3. The van der Waals surface area contributed by atoms with Crippen molar-refractivity contribution in [3.63, 3.8) is 0 Å². The van der Waals surface area contributed by atoms with Gasteiger partial charge in [0.1, 0.15) is 0 Å². The lowest BCUT2D eigenvalue weighted by Crippen LogP contribution is -2.34. The molecule has 0 aliphatic heterocycles. The van der Waals surface area contributed by atoms with Crippen LogP contribution in [-0.4, -0.2) is 75.0 Å². The second-order valence-electron chi connectivity index (χ2n) is 8.90. The molecule has 0 amide bonds. The van der Waals surface area contributed by atoms with Crippen LogP contribution in [0.4, 0.5) is 0 Å². The van der Waals surface area contributed by atoms with Gasteiger partial charge in [0, 0.05) is 32.8 Å². The summed E-state index contributed by atoms with van der Waals surface area (Å²) in [5.41, 5.74) is -1.06. The number of unbranched alkanes of at least 4 members (excludes halogenated alkanes) is 6. The molecule has 0 aromatic heterocycles. The Morgan fingerprint density at radius 1 is 0.559 bits per heavy atom. The molecule has 0 bridgehead atoms. The Morgan fingerprint density at radius 2 is 1.00 bits per heavy atom. The Bertz CT molecular complexity index is 459. The molecular weight excluding hydrogens is 440 g/mol. The van der Waals surface area contributed by atoms with E-state index in [0.29, 0.717) is 58.9 Å². The number of carboxylic acids is 2. The van der Waals surface area contributed by atoms with Gasteiger partial charge in [-0.25, -0.2) is 0 Å². The number of rotatable bonds is 27. The Labute approximate surface area is 206 Å². The van der Waals surface area contributed by atoms with Gasteiger partial charge in [-0.2, -0.15) is 0 Å². The van der Waals surface area contributed by atoms with Crippen molar-refractivity contribution < 1.29 is 38.7 Å². The Balaban J connectivity index is 4.29. The predicted octanol–water partition coefficient (Wildman–Crippen LogP) is 5.32. The van der Waals surface area contributed by atoms with Gasteiger partial charge in [0.15, 0.2) is 0 Å². The summed E-state index contributed by atoms with van der Waals surface area (Å²) in [7, 11) is 0. The molecule has 0 saturated heterocycles. The Kier molecular flexibility index (Phi) is 22.7. The summed E-state index contributed by atoms with van der Waals surface area (Å²) in [4.78, 5) is 23.1. The number of hydrogen-bond donors (Lipinski definition) is 2. The third-order valence-corrected chi connectivity index (χ3v) is 5.98. The molecule has 0 fully saturated rings. The lowest BCUT2D eigenvalue weighted by atomic mass is 9.77. The third kappa shape index (κ3) is 19.1. The van der Waals surface area contributed by atoms with E-state index >= 15 is 0 Å². The summed E-state index contributed by atoms with van der Waals surface area (Å²) in [6.45, 7) is 8.19. The lowest BCUT2D eigenvalue weighted by molar-refractivity contribution is -0.153. The number of ether oxygens (including phenoxy) is 4. The molecule has 0 aromatic carbocycles. The van der Waals surface area contributed by atoms with Gasteiger partial charge in [-0.3, -0.25) is 9.59 Å². The molecule has 0 aliphatic carbocycles. The molecule has 0 spiro atoms. The molecule has 8 nitrogen and oxygen atoms in total. The first-order valence-electron chi connectivity index (χ1n) is 13.2. The fraction of sp³-hybridized carbons (Fsp3) is 0.923. The van der Waals surface area contributed by atoms with Gasteiger partial charge in [-0.1, -0.05) is 52.4 Å². The van der Waals surface area contributed by atoms with Gasteiger partial charge < -0.3 is 29.2 Å². The smallest absolute Gasteiger partial charge is 0.309 e. The Morgan fingerprint density at radius 3 is 1.38 bits per heavy atom. The summed E-state index contributed by atoms with van der Waals surface area (Å²) >= 11 is 0. The highest BCUT2D eigenvalue weighted by Gasteiger charge is 2.37. The minimum absolute atomic E-state index is 0.0471. The van der Waals surface area contributed by atoms with Gasteiger partial charge in [-0.05, 0) is 38.5 Å². The molecule has 0 heterocycles. The van der Waals surface area contributed by atoms with Gasteiger partial charge >= 0.3 is 11.9 Å². The highest BCUT2D eigenvalue weighted by atomic mass is 16.5. The second kappa shape index (κ2) is 23.5. The largest absolute Gasteiger partial charge is 0.481 e. The number of carboxylic acid groups (broad SMARTS) is 2. The van der Waals surface area contributed by atoms with Crippen molar-refractivity contribution in [3.05, 3.63) is 0 Å². The van der Waals surface area contributed by atoms with Crippen LogP contribution in [0.1, 0.15) is 97.3 Å². The minimum atomic E-state index is -1.06. The molecule has 0 unspecified atom stereocenters. The zero-order valence-corrected chi connectivity index (χ0v) is 21.7. The highest BCUT2D eigenvalue weighted by molar-refractivity contribution is 5.74. The van der Waals surface area contributed by atoms with Gasteiger partial charge in [0.2, 0.25) is 0 Å². The number of hydrogen-bond acceptors (Lipinski definition) is 6. The standard InChI is InChI=1S/C26H50O8/c1-3-5-7-9-16-31-20-22-33-18-14-26(25(29)30,13-11-12-24(27)28)15-19-34-23-21-32-17-10-8-6-4-2/h3-23H2,1-2H3,(H,27,28)(H,29,30). The van der Waals surface area contributed by atoms with Crippen LogP contribution in [0.2, 0.25) is 0 Å². The van der Waals surface area contributed by atoms with Crippen LogP contribution >= 0.6 is 0 Å². The van der Waals surface area contributed by atoms with Crippen molar-refractivity contribution in [2.24, 2.45) is 5.41 Å². The van der Waals surface area contributed by atoms with E-state index in [-0.39, 0.29) is 12.8 Å². The molecule has 0 saturated carbocycles. The lowest BCUT2D eigenvalue weighted by Gasteiger charge is -2.29. The van der Waals surface area contributed by atoms with Gasteiger partial charge in [-0.15, -0.1) is 0 Å². The Hall–Kier alpha value is -1.22. The first-order valence-corrected chi connectivity index (χ1v) is 13.2. The van der Waals surface area contributed by atoms with Crippen LogP contribution in [-0.2, 0) is 28.5 Å². The average molecular weight is 491 g/mol. The van der Waals surface area contributed by atoms with Crippen molar-refractivity contribution in [2.75, 3.05) is 52.9 Å². The van der Waals surface area contributed by atoms with Crippen molar-refractivity contribution in [1.82, 2.24) is 0 Å². The fourth-order valence-corrected chi connectivity index (χ4v) is 3.71. The number of carbonyl (C=O) groups is 2. The molecule has 202 valence electrons. The number of aliphatic carboxylic acids is 2. The highest BCUT2D eigenvalue weighted by Crippen LogP contribution is 2.34. The topological polar surface area (TPSA) is 112 Å². The molecule has 8 heteroatoms. The first kappa shape index (κ1) is 32.8. The van der Waals surface area contributed by atoms with Crippen LogP contribution in [0.3, 0.4) is 0 Å². The summed E-state index contributed by atoms with van der Waals surface area (Å²) in [6.07, 6.45) is 10.4. The van der Waals surface area contributed by atoms with Gasteiger partial charge in [0.25, 0.3) is 0 Å². The summed E-state index contributed by atoms with van der Waals surface area (Å²) in [5, 5.41) is 18.9. The van der Waals surface area contributed by atoms with Crippen LogP contribution in [0.25, 0.3) is 0 Å². The SMILES string of the molecule is CCCCCCOCCOCCC(CCCC(=O)O)(CCOCCOCCCCCC)C(=O)O. The molecule has 0 aromatic rings. The van der Waals surface area contributed by atoms with Crippen LogP contribution < -0.4 is 0 Å². The molecule has 0 aliphatic rings. The second-order valence-corrected chi connectivity index (χ2v) is 8.90. The van der Waals surface area contributed by atoms with Crippen molar-refractivity contribution in [3.8, 4) is 0 Å². The quantitative estimate of drug-likeness (QED) is 0.149. The van der Waals surface area contributed by atoms with E-state index in [1.165, 1.54) is 38.5 Å². The fourth-order valence-electron chi connectivity index (χ4n) is 3.71. The molecular formula is C26H50O8.